The number of aromatic nitrogens is 2. The molecule has 2 aromatic heterocycles. The Morgan fingerprint density at radius 1 is 1.29 bits per heavy atom. The summed E-state index contributed by atoms with van der Waals surface area (Å²) in [5, 5.41) is 17.4. The zero-order valence-electron chi connectivity index (χ0n) is 16.2. The summed E-state index contributed by atoms with van der Waals surface area (Å²) in [5.74, 6) is -0.0470. The summed E-state index contributed by atoms with van der Waals surface area (Å²) in [6.45, 7) is 5.75. The fraction of sp³-hybridized carbons (Fsp3) is 0.300. The van der Waals surface area contributed by atoms with E-state index in [1.54, 1.807) is 53.9 Å². The van der Waals surface area contributed by atoms with Gasteiger partial charge in [-0.05, 0) is 49.9 Å². The summed E-state index contributed by atoms with van der Waals surface area (Å²) in [6.07, 6.45) is 0. The Kier molecular flexibility index (Phi) is 5.60. The molecule has 28 heavy (non-hydrogen) atoms. The van der Waals surface area contributed by atoms with Crippen molar-refractivity contribution in [2.75, 3.05) is 7.05 Å². The Hall–Kier alpha value is -3.00. The molecule has 0 aliphatic rings. The van der Waals surface area contributed by atoms with E-state index in [-0.39, 0.29) is 17.6 Å². The van der Waals surface area contributed by atoms with Crippen molar-refractivity contribution in [2.24, 2.45) is 0 Å². The first kappa shape index (κ1) is 19.8. The molecule has 3 rings (SSSR count). The normalized spacial score (nSPS) is 12.0. The van der Waals surface area contributed by atoms with Gasteiger partial charge in [0.25, 0.3) is 5.91 Å². The van der Waals surface area contributed by atoms with Gasteiger partial charge in [-0.15, -0.1) is 11.3 Å². The van der Waals surface area contributed by atoms with Gasteiger partial charge in [0.1, 0.15) is 11.4 Å². The molecule has 0 aliphatic carbocycles. The van der Waals surface area contributed by atoms with E-state index < -0.39 is 4.92 Å². The maximum absolute atomic E-state index is 12.8. The van der Waals surface area contributed by atoms with Crippen molar-refractivity contribution in [3.63, 3.8) is 0 Å². The van der Waals surface area contributed by atoms with Crippen LogP contribution in [-0.2, 0) is 6.54 Å². The molecule has 0 spiro atoms. The van der Waals surface area contributed by atoms with Crippen LogP contribution in [-0.4, -0.2) is 32.6 Å². The minimum absolute atomic E-state index is 0.00225. The molecule has 7 nitrogen and oxygen atoms in total. The van der Waals surface area contributed by atoms with Gasteiger partial charge in [0.15, 0.2) is 0 Å². The molecule has 1 amide bonds. The Labute approximate surface area is 167 Å². The molecule has 1 atom stereocenters. The second kappa shape index (κ2) is 7.93. The van der Waals surface area contributed by atoms with Gasteiger partial charge in [-0.25, -0.2) is 0 Å². The third kappa shape index (κ3) is 3.82. The van der Waals surface area contributed by atoms with E-state index >= 15 is 0 Å². The highest BCUT2D eigenvalue weighted by Crippen LogP contribution is 2.25. The quantitative estimate of drug-likeness (QED) is 0.457. The van der Waals surface area contributed by atoms with Gasteiger partial charge in [0.05, 0.1) is 17.5 Å². The highest BCUT2D eigenvalue weighted by atomic mass is 32.1. The summed E-state index contributed by atoms with van der Waals surface area (Å²) in [5.41, 5.74) is 2.50. The molecular formula is C20H22N4O3S. The molecule has 0 aliphatic heterocycles. The molecular weight excluding hydrogens is 376 g/mol. The zero-order chi connectivity index (χ0) is 20.4. The number of nitrogens with zero attached hydrogens (tertiary/aromatic N) is 4. The third-order valence-electron chi connectivity index (χ3n) is 4.92. The van der Waals surface area contributed by atoms with Crippen molar-refractivity contribution >= 4 is 22.9 Å². The van der Waals surface area contributed by atoms with Gasteiger partial charge in [-0.1, -0.05) is 18.2 Å². The fourth-order valence-corrected chi connectivity index (χ4v) is 3.96. The summed E-state index contributed by atoms with van der Waals surface area (Å²) < 4.78 is 1.62. The number of hydrogen-bond acceptors (Lipinski definition) is 5. The molecule has 3 aromatic rings. The molecule has 0 radical (unpaired) electrons. The standard InChI is InChI=1S/C20H22N4O3S/c1-13-19(24(26)27)15(3)23(21-13)12-16-7-9-17(10-8-16)20(25)22(4)14(2)18-6-5-11-28-18/h5-11,14H,12H2,1-4H3. The number of hydrogen-bond donors (Lipinski definition) is 0. The lowest BCUT2D eigenvalue weighted by Gasteiger charge is -2.24. The van der Waals surface area contributed by atoms with Gasteiger partial charge in [0.2, 0.25) is 0 Å². The van der Waals surface area contributed by atoms with E-state index in [9.17, 15) is 14.9 Å². The highest BCUT2D eigenvalue weighted by molar-refractivity contribution is 7.10. The van der Waals surface area contributed by atoms with Crippen molar-refractivity contribution in [3.05, 3.63) is 79.3 Å². The molecule has 0 saturated carbocycles. The molecule has 0 N–H and O–H groups in total. The lowest BCUT2D eigenvalue weighted by molar-refractivity contribution is -0.386. The molecule has 8 heteroatoms. The van der Waals surface area contributed by atoms with Crippen LogP contribution in [0.4, 0.5) is 5.69 Å². The second-order valence-corrected chi connectivity index (χ2v) is 7.72. The molecule has 0 fully saturated rings. The first-order valence-electron chi connectivity index (χ1n) is 8.87. The number of rotatable bonds is 6. The van der Waals surface area contributed by atoms with Gasteiger partial charge in [-0.3, -0.25) is 19.6 Å². The average Bonchev–Trinajstić information content (AvgIpc) is 3.29. The Morgan fingerprint density at radius 3 is 2.50 bits per heavy atom. The van der Waals surface area contributed by atoms with Gasteiger partial charge >= 0.3 is 5.69 Å². The summed E-state index contributed by atoms with van der Waals surface area (Å²) in [4.78, 5) is 26.4. The number of benzene rings is 1. The van der Waals surface area contributed by atoms with Crippen LogP contribution in [0.1, 0.15) is 45.2 Å². The monoisotopic (exact) mass is 398 g/mol. The minimum atomic E-state index is -0.402. The SMILES string of the molecule is Cc1nn(Cc2ccc(C(=O)N(C)C(C)c3cccs3)cc2)c(C)c1[N+](=O)[O-]. The zero-order valence-corrected chi connectivity index (χ0v) is 17.1. The fourth-order valence-electron chi connectivity index (χ4n) is 3.13. The molecule has 2 heterocycles. The van der Waals surface area contributed by atoms with Crippen LogP contribution in [0.15, 0.2) is 41.8 Å². The van der Waals surface area contributed by atoms with Crippen molar-refractivity contribution in [2.45, 2.75) is 33.4 Å². The van der Waals surface area contributed by atoms with E-state index in [1.807, 2.05) is 36.6 Å². The summed E-state index contributed by atoms with van der Waals surface area (Å²) in [6, 6.07) is 11.3. The average molecular weight is 398 g/mol. The summed E-state index contributed by atoms with van der Waals surface area (Å²) in [7, 11) is 1.80. The number of carbonyl (C=O) groups is 1. The molecule has 0 saturated heterocycles. The maximum Gasteiger partial charge on any atom is 0.312 e. The molecule has 0 bridgehead atoms. The topological polar surface area (TPSA) is 81.3 Å². The van der Waals surface area contributed by atoms with E-state index in [2.05, 4.69) is 5.10 Å². The van der Waals surface area contributed by atoms with Crippen molar-refractivity contribution < 1.29 is 9.72 Å². The highest BCUT2D eigenvalue weighted by Gasteiger charge is 2.22. The second-order valence-electron chi connectivity index (χ2n) is 6.74. The van der Waals surface area contributed by atoms with Crippen LogP contribution in [0.5, 0.6) is 0 Å². The first-order valence-corrected chi connectivity index (χ1v) is 9.75. The van der Waals surface area contributed by atoms with Crippen LogP contribution < -0.4 is 0 Å². The molecule has 146 valence electrons. The van der Waals surface area contributed by atoms with Gasteiger partial charge in [-0.2, -0.15) is 5.10 Å². The Balaban J connectivity index is 1.74. The predicted molar refractivity (Wildman–Crippen MR) is 109 cm³/mol. The molecule has 1 aromatic carbocycles. The predicted octanol–water partition coefficient (Wildman–Crippen LogP) is 4.35. The lowest BCUT2D eigenvalue weighted by atomic mass is 10.1. The Bertz CT molecular complexity index is 993. The number of nitro groups is 1. The third-order valence-corrected chi connectivity index (χ3v) is 5.96. The number of aryl methyl sites for hydroxylation is 1. The van der Waals surface area contributed by atoms with Gasteiger partial charge < -0.3 is 4.90 Å². The van der Waals surface area contributed by atoms with Crippen LogP contribution in [0.2, 0.25) is 0 Å². The van der Waals surface area contributed by atoms with Gasteiger partial charge in [0, 0.05) is 17.5 Å². The lowest BCUT2D eigenvalue weighted by Crippen LogP contribution is -2.29. The van der Waals surface area contributed by atoms with Crippen molar-refractivity contribution in [1.82, 2.24) is 14.7 Å². The first-order chi connectivity index (χ1) is 13.3. The van der Waals surface area contributed by atoms with E-state index in [4.69, 9.17) is 0 Å². The smallest absolute Gasteiger partial charge is 0.312 e. The number of thiophene rings is 1. The minimum Gasteiger partial charge on any atom is -0.334 e. The van der Waals surface area contributed by atoms with Crippen LogP contribution in [0, 0.1) is 24.0 Å². The molecule has 1 unspecified atom stereocenters. The Morgan fingerprint density at radius 2 is 1.96 bits per heavy atom. The van der Waals surface area contributed by atoms with E-state index in [1.165, 1.54) is 0 Å². The number of carbonyl (C=O) groups excluding carboxylic acids is 1. The van der Waals surface area contributed by atoms with Crippen molar-refractivity contribution in [1.29, 1.82) is 0 Å². The van der Waals surface area contributed by atoms with Crippen LogP contribution in [0.3, 0.4) is 0 Å². The summed E-state index contributed by atoms with van der Waals surface area (Å²) >= 11 is 1.63. The van der Waals surface area contributed by atoms with Crippen LogP contribution in [0.25, 0.3) is 0 Å². The van der Waals surface area contributed by atoms with E-state index in [0.717, 1.165) is 10.4 Å². The maximum atomic E-state index is 12.8. The van der Waals surface area contributed by atoms with E-state index in [0.29, 0.717) is 23.5 Å². The number of amides is 1. The van der Waals surface area contributed by atoms with Crippen molar-refractivity contribution in [3.8, 4) is 0 Å². The van der Waals surface area contributed by atoms with Crippen LogP contribution >= 0.6 is 11.3 Å². The largest absolute Gasteiger partial charge is 0.334 e.